The maximum Gasteiger partial charge on any atom is 0.224 e. The van der Waals surface area contributed by atoms with Gasteiger partial charge < -0.3 is 16.0 Å². The van der Waals surface area contributed by atoms with Crippen LogP contribution in [0.2, 0.25) is 0 Å². The first kappa shape index (κ1) is 22.5. The number of anilines is 2. The lowest BCUT2D eigenvalue weighted by Gasteiger charge is -2.27. The number of hydrogen-bond acceptors (Lipinski definition) is 3. The molecule has 1 aromatic carbocycles. The van der Waals surface area contributed by atoms with Crippen LogP contribution in [0.5, 0.6) is 0 Å². The zero-order valence-electron chi connectivity index (χ0n) is 16.0. The van der Waals surface area contributed by atoms with E-state index in [9.17, 15) is 9.59 Å². The SMILES string of the molecule is CC(C)CC(=O)Nc1ccc(NC(=O)CC(C)C2CCNCC2)cc1.Cl. The molecule has 0 spiro atoms. The molecule has 2 amide bonds. The van der Waals surface area contributed by atoms with Crippen molar-refractivity contribution in [1.82, 2.24) is 5.32 Å². The van der Waals surface area contributed by atoms with E-state index in [1.807, 2.05) is 38.1 Å². The van der Waals surface area contributed by atoms with Crippen LogP contribution in [0, 0.1) is 17.8 Å². The summed E-state index contributed by atoms with van der Waals surface area (Å²) in [6, 6.07) is 7.31. The Kier molecular flexibility index (Phi) is 9.66. The number of halogens is 1. The van der Waals surface area contributed by atoms with Crippen molar-refractivity contribution >= 4 is 35.6 Å². The molecular weight excluding hydrogens is 350 g/mol. The summed E-state index contributed by atoms with van der Waals surface area (Å²) in [4.78, 5) is 24.0. The van der Waals surface area contributed by atoms with E-state index in [0.717, 1.165) is 37.3 Å². The van der Waals surface area contributed by atoms with Crippen molar-refractivity contribution in [1.29, 1.82) is 0 Å². The maximum atomic E-state index is 12.3. The van der Waals surface area contributed by atoms with Gasteiger partial charge in [0.15, 0.2) is 0 Å². The first-order valence-corrected chi connectivity index (χ1v) is 9.34. The van der Waals surface area contributed by atoms with E-state index in [0.29, 0.717) is 30.6 Å². The number of amides is 2. The third-order valence-corrected chi connectivity index (χ3v) is 4.74. The summed E-state index contributed by atoms with van der Waals surface area (Å²) in [7, 11) is 0. The molecule has 1 heterocycles. The minimum Gasteiger partial charge on any atom is -0.326 e. The zero-order chi connectivity index (χ0) is 18.2. The minimum atomic E-state index is 0. The second-order valence-corrected chi connectivity index (χ2v) is 7.54. The molecule has 26 heavy (non-hydrogen) atoms. The first-order chi connectivity index (χ1) is 11.9. The van der Waals surface area contributed by atoms with Gasteiger partial charge in [0.25, 0.3) is 0 Å². The molecule has 5 nitrogen and oxygen atoms in total. The van der Waals surface area contributed by atoms with Crippen LogP contribution < -0.4 is 16.0 Å². The van der Waals surface area contributed by atoms with Gasteiger partial charge in [-0.05, 0) is 68.0 Å². The molecule has 1 fully saturated rings. The van der Waals surface area contributed by atoms with Gasteiger partial charge in [-0.25, -0.2) is 0 Å². The Morgan fingerprint density at radius 1 is 0.962 bits per heavy atom. The number of rotatable bonds is 7. The van der Waals surface area contributed by atoms with E-state index < -0.39 is 0 Å². The summed E-state index contributed by atoms with van der Waals surface area (Å²) in [5.41, 5.74) is 1.52. The summed E-state index contributed by atoms with van der Waals surface area (Å²) < 4.78 is 0. The van der Waals surface area contributed by atoms with Crippen molar-refractivity contribution in [2.45, 2.75) is 46.5 Å². The summed E-state index contributed by atoms with van der Waals surface area (Å²) >= 11 is 0. The Balaban J connectivity index is 0.00000338. The van der Waals surface area contributed by atoms with Crippen molar-refractivity contribution in [3.8, 4) is 0 Å². The van der Waals surface area contributed by atoms with Crippen LogP contribution in [0.15, 0.2) is 24.3 Å². The number of carbonyl (C=O) groups excluding carboxylic acids is 2. The molecule has 0 aliphatic carbocycles. The lowest BCUT2D eigenvalue weighted by molar-refractivity contribution is -0.118. The van der Waals surface area contributed by atoms with Crippen molar-refractivity contribution < 1.29 is 9.59 Å². The van der Waals surface area contributed by atoms with Gasteiger partial charge in [-0.3, -0.25) is 9.59 Å². The molecule has 2 rings (SSSR count). The van der Waals surface area contributed by atoms with Crippen molar-refractivity contribution in [2.75, 3.05) is 23.7 Å². The summed E-state index contributed by atoms with van der Waals surface area (Å²) in [6.07, 6.45) is 3.36. The van der Waals surface area contributed by atoms with Crippen LogP contribution in [-0.4, -0.2) is 24.9 Å². The molecule has 1 atom stereocenters. The fraction of sp³-hybridized carbons (Fsp3) is 0.600. The second-order valence-electron chi connectivity index (χ2n) is 7.54. The van der Waals surface area contributed by atoms with Crippen LogP contribution in [0.1, 0.15) is 46.5 Å². The molecule has 1 unspecified atom stereocenters. The third-order valence-electron chi connectivity index (χ3n) is 4.74. The Morgan fingerprint density at radius 2 is 1.42 bits per heavy atom. The van der Waals surface area contributed by atoms with Crippen LogP contribution >= 0.6 is 12.4 Å². The number of nitrogens with one attached hydrogen (secondary N) is 3. The Hall–Kier alpha value is -1.59. The highest BCUT2D eigenvalue weighted by molar-refractivity contribution is 5.93. The molecule has 0 saturated carbocycles. The number of carbonyl (C=O) groups is 2. The fourth-order valence-electron chi connectivity index (χ4n) is 3.30. The molecule has 1 saturated heterocycles. The molecule has 1 aromatic rings. The minimum absolute atomic E-state index is 0. The maximum absolute atomic E-state index is 12.3. The molecule has 0 bridgehead atoms. The topological polar surface area (TPSA) is 70.2 Å². The quantitative estimate of drug-likeness (QED) is 0.667. The number of piperidine rings is 1. The standard InChI is InChI=1S/C20H31N3O2.ClH/c1-14(2)12-19(24)22-17-4-6-18(7-5-17)23-20(25)13-15(3)16-8-10-21-11-9-16;/h4-7,14-16,21H,8-13H2,1-3H3,(H,22,24)(H,23,25);1H. The Labute approximate surface area is 163 Å². The average Bonchev–Trinajstić information content (AvgIpc) is 2.56. The highest BCUT2D eigenvalue weighted by Crippen LogP contribution is 2.25. The lowest BCUT2D eigenvalue weighted by Crippen LogP contribution is -2.32. The normalized spacial score (nSPS) is 15.8. The van der Waals surface area contributed by atoms with Crippen LogP contribution in [0.3, 0.4) is 0 Å². The molecule has 0 aromatic heterocycles. The van der Waals surface area contributed by atoms with Gasteiger partial charge in [-0.2, -0.15) is 0 Å². The van der Waals surface area contributed by atoms with Gasteiger partial charge in [0.05, 0.1) is 0 Å². The molecule has 0 radical (unpaired) electrons. The Morgan fingerprint density at radius 3 is 1.88 bits per heavy atom. The number of hydrogen-bond donors (Lipinski definition) is 3. The predicted octanol–water partition coefficient (Wildman–Crippen LogP) is 4.06. The first-order valence-electron chi connectivity index (χ1n) is 9.34. The number of benzene rings is 1. The molecule has 6 heteroatoms. The van der Waals surface area contributed by atoms with Crippen molar-refractivity contribution in [3.05, 3.63) is 24.3 Å². The van der Waals surface area contributed by atoms with E-state index in [2.05, 4.69) is 22.9 Å². The fourth-order valence-corrected chi connectivity index (χ4v) is 3.30. The van der Waals surface area contributed by atoms with E-state index in [1.54, 1.807) is 0 Å². The van der Waals surface area contributed by atoms with E-state index in [-0.39, 0.29) is 24.2 Å². The van der Waals surface area contributed by atoms with Crippen LogP contribution in [0.25, 0.3) is 0 Å². The Bertz CT molecular complexity index is 569. The highest BCUT2D eigenvalue weighted by atomic mass is 35.5. The van der Waals surface area contributed by atoms with Gasteiger partial charge in [0.2, 0.25) is 11.8 Å². The summed E-state index contributed by atoms with van der Waals surface area (Å²) in [6.45, 7) is 8.32. The monoisotopic (exact) mass is 381 g/mol. The third kappa shape index (κ3) is 7.75. The predicted molar refractivity (Wildman–Crippen MR) is 110 cm³/mol. The largest absolute Gasteiger partial charge is 0.326 e. The van der Waals surface area contributed by atoms with Crippen molar-refractivity contribution in [3.63, 3.8) is 0 Å². The molecule has 1 aliphatic rings. The highest BCUT2D eigenvalue weighted by Gasteiger charge is 2.22. The van der Waals surface area contributed by atoms with Gasteiger partial charge in [0, 0.05) is 24.2 Å². The van der Waals surface area contributed by atoms with E-state index in [4.69, 9.17) is 0 Å². The van der Waals surface area contributed by atoms with Crippen molar-refractivity contribution in [2.24, 2.45) is 17.8 Å². The van der Waals surface area contributed by atoms with E-state index >= 15 is 0 Å². The molecule has 146 valence electrons. The smallest absolute Gasteiger partial charge is 0.224 e. The van der Waals surface area contributed by atoms with Crippen LogP contribution in [0.4, 0.5) is 11.4 Å². The summed E-state index contributed by atoms with van der Waals surface area (Å²) in [5, 5.41) is 9.19. The van der Waals surface area contributed by atoms with Gasteiger partial charge in [-0.1, -0.05) is 20.8 Å². The summed E-state index contributed by atoms with van der Waals surface area (Å²) in [5.74, 6) is 1.44. The van der Waals surface area contributed by atoms with Gasteiger partial charge in [0.1, 0.15) is 0 Å². The lowest BCUT2D eigenvalue weighted by atomic mass is 9.84. The van der Waals surface area contributed by atoms with Gasteiger partial charge in [-0.15, -0.1) is 12.4 Å². The van der Waals surface area contributed by atoms with E-state index in [1.165, 1.54) is 0 Å². The van der Waals surface area contributed by atoms with Gasteiger partial charge >= 0.3 is 0 Å². The molecule has 3 N–H and O–H groups in total. The molecule has 1 aliphatic heterocycles. The molecular formula is C20H32ClN3O2. The zero-order valence-corrected chi connectivity index (χ0v) is 16.8. The second kappa shape index (κ2) is 11.2. The average molecular weight is 382 g/mol. The van der Waals surface area contributed by atoms with Crippen LogP contribution in [-0.2, 0) is 9.59 Å².